The highest BCUT2D eigenvalue weighted by molar-refractivity contribution is 6.31. The highest BCUT2D eigenvalue weighted by atomic mass is 35.5. The Morgan fingerprint density at radius 2 is 1.64 bits per heavy atom. The van der Waals surface area contributed by atoms with E-state index in [0.717, 1.165) is 11.3 Å². The molecule has 1 aromatic rings. The molecule has 2 amide bonds. The summed E-state index contributed by atoms with van der Waals surface area (Å²) in [5.41, 5.74) is 0.213. The summed E-state index contributed by atoms with van der Waals surface area (Å²) in [6.07, 6.45) is 5.40. The maximum absolute atomic E-state index is 12.9. The summed E-state index contributed by atoms with van der Waals surface area (Å²) in [5, 5.41) is 10.4. The van der Waals surface area contributed by atoms with E-state index in [1.54, 1.807) is 6.07 Å². The Labute approximate surface area is 132 Å². The quantitative estimate of drug-likeness (QED) is 0.640. The normalized spacial score (nSPS) is 40.9. The molecule has 1 saturated heterocycles. The first-order chi connectivity index (χ1) is 10.6. The van der Waals surface area contributed by atoms with Gasteiger partial charge in [-0.05, 0) is 48.3 Å². The lowest BCUT2D eigenvalue weighted by atomic mass is 9.63. The molecule has 4 aliphatic carbocycles. The van der Waals surface area contributed by atoms with E-state index in [-0.39, 0.29) is 46.9 Å². The van der Waals surface area contributed by atoms with Crippen molar-refractivity contribution in [3.63, 3.8) is 0 Å². The van der Waals surface area contributed by atoms with Crippen molar-refractivity contribution in [1.82, 2.24) is 0 Å². The van der Waals surface area contributed by atoms with Gasteiger partial charge >= 0.3 is 0 Å². The van der Waals surface area contributed by atoms with E-state index in [1.165, 1.54) is 12.1 Å². The van der Waals surface area contributed by atoms with Crippen molar-refractivity contribution < 1.29 is 14.7 Å². The number of rotatable bonds is 1. The number of hydrogen-bond donors (Lipinski definition) is 1. The maximum Gasteiger partial charge on any atom is 0.238 e. The molecule has 0 unspecified atom stereocenters. The third-order valence-corrected chi connectivity index (χ3v) is 6.08. The van der Waals surface area contributed by atoms with Crippen LogP contribution in [0.3, 0.4) is 0 Å². The van der Waals surface area contributed by atoms with Crippen LogP contribution in [-0.4, -0.2) is 16.9 Å². The Kier molecular flexibility index (Phi) is 2.27. The minimum atomic E-state index is -0.260. The smallest absolute Gasteiger partial charge is 0.238 e. The number of halogens is 1. The molecule has 3 fully saturated rings. The Morgan fingerprint density at radius 1 is 1.05 bits per heavy atom. The van der Waals surface area contributed by atoms with Gasteiger partial charge in [-0.25, -0.2) is 4.90 Å². The molecule has 2 bridgehead atoms. The Bertz CT molecular complexity index is 722. The number of anilines is 1. The first-order valence-electron chi connectivity index (χ1n) is 7.62. The molecule has 5 heteroatoms. The minimum Gasteiger partial charge on any atom is -0.506 e. The number of phenols is 1. The van der Waals surface area contributed by atoms with E-state index in [9.17, 15) is 14.7 Å². The second-order valence-corrected chi connectivity index (χ2v) is 7.24. The van der Waals surface area contributed by atoms with Gasteiger partial charge in [-0.15, -0.1) is 0 Å². The monoisotopic (exact) mass is 315 g/mol. The van der Waals surface area contributed by atoms with Crippen LogP contribution in [0.4, 0.5) is 5.69 Å². The van der Waals surface area contributed by atoms with E-state index in [0.29, 0.717) is 16.9 Å². The maximum atomic E-state index is 12.9. The predicted molar refractivity (Wildman–Crippen MR) is 80.3 cm³/mol. The van der Waals surface area contributed by atoms with Crippen LogP contribution in [0.15, 0.2) is 30.4 Å². The highest BCUT2D eigenvalue weighted by Gasteiger charge is 2.67. The molecule has 1 aliphatic heterocycles. The summed E-state index contributed by atoms with van der Waals surface area (Å²) >= 11 is 5.97. The summed E-state index contributed by atoms with van der Waals surface area (Å²) < 4.78 is 0. The van der Waals surface area contributed by atoms with Crippen LogP contribution in [0.1, 0.15) is 6.42 Å². The van der Waals surface area contributed by atoms with Crippen LogP contribution in [0.2, 0.25) is 5.02 Å². The van der Waals surface area contributed by atoms with Crippen molar-refractivity contribution in [2.75, 3.05) is 4.90 Å². The summed E-state index contributed by atoms with van der Waals surface area (Å²) in [6, 6.07) is 4.45. The lowest BCUT2D eigenvalue weighted by Crippen LogP contribution is -2.40. The SMILES string of the molecule is O=C1[C@@H]2[C@@H]3C=C[C@@H]([C@H]4C[C@@H]34)[C@@H]2C(=O)N1c1cc(Cl)ccc1O. The zero-order valence-electron chi connectivity index (χ0n) is 11.6. The summed E-state index contributed by atoms with van der Waals surface area (Å²) in [6.45, 7) is 0. The molecule has 1 aromatic carbocycles. The van der Waals surface area contributed by atoms with Crippen molar-refractivity contribution >= 4 is 29.1 Å². The highest BCUT2D eigenvalue weighted by Crippen LogP contribution is 2.65. The number of nitrogens with zero attached hydrogens (tertiary/aromatic N) is 1. The van der Waals surface area contributed by atoms with Crippen LogP contribution >= 0.6 is 11.6 Å². The van der Waals surface area contributed by atoms with E-state index < -0.39 is 0 Å². The van der Waals surface area contributed by atoms with Crippen molar-refractivity contribution in [2.45, 2.75) is 6.42 Å². The van der Waals surface area contributed by atoms with Gasteiger partial charge in [0.1, 0.15) is 5.75 Å². The number of hydrogen-bond acceptors (Lipinski definition) is 3. The predicted octanol–water partition coefficient (Wildman–Crippen LogP) is 2.60. The van der Waals surface area contributed by atoms with Crippen molar-refractivity contribution in [2.24, 2.45) is 35.5 Å². The van der Waals surface area contributed by atoms with E-state index in [4.69, 9.17) is 11.6 Å². The molecule has 6 rings (SSSR count). The molecule has 0 spiro atoms. The first-order valence-corrected chi connectivity index (χ1v) is 8.00. The number of aromatic hydroxyl groups is 1. The summed E-state index contributed by atoms with van der Waals surface area (Å²) in [7, 11) is 0. The number of imide groups is 1. The molecule has 5 aliphatic rings. The molecule has 4 nitrogen and oxygen atoms in total. The number of carbonyl (C=O) groups is 2. The van der Waals surface area contributed by atoms with Crippen LogP contribution in [0.5, 0.6) is 5.75 Å². The van der Waals surface area contributed by atoms with Gasteiger partial charge < -0.3 is 5.11 Å². The average Bonchev–Trinajstić information content (AvgIpc) is 3.28. The fourth-order valence-electron chi connectivity index (χ4n) is 4.87. The Morgan fingerprint density at radius 3 is 2.23 bits per heavy atom. The lowest BCUT2D eigenvalue weighted by Gasteiger charge is -2.37. The first kappa shape index (κ1) is 12.7. The van der Waals surface area contributed by atoms with Gasteiger partial charge in [0.25, 0.3) is 0 Å². The van der Waals surface area contributed by atoms with Gasteiger partial charge in [-0.2, -0.15) is 0 Å². The lowest BCUT2D eigenvalue weighted by molar-refractivity contribution is -0.124. The van der Waals surface area contributed by atoms with Gasteiger partial charge in [0, 0.05) is 5.02 Å². The van der Waals surface area contributed by atoms with Gasteiger partial charge in [0.15, 0.2) is 0 Å². The van der Waals surface area contributed by atoms with Crippen molar-refractivity contribution in [1.29, 1.82) is 0 Å². The van der Waals surface area contributed by atoms with Gasteiger partial charge in [-0.3, -0.25) is 9.59 Å². The molecular formula is C17H14ClNO3. The topological polar surface area (TPSA) is 57.6 Å². The molecule has 22 heavy (non-hydrogen) atoms. The fourth-order valence-corrected chi connectivity index (χ4v) is 5.04. The Balaban J connectivity index is 1.62. The molecule has 1 heterocycles. The van der Waals surface area contributed by atoms with E-state index in [1.807, 2.05) is 0 Å². The number of allylic oxidation sites excluding steroid dienone is 2. The molecule has 0 aromatic heterocycles. The average molecular weight is 316 g/mol. The van der Waals surface area contributed by atoms with E-state index >= 15 is 0 Å². The second kappa shape index (κ2) is 3.93. The standard InChI is InChI=1S/C17H14ClNO3/c18-7-1-4-13(20)12(5-7)19-16(21)14-8-2-3-9(11-6-10(8)11)15(14)17(19)22/h1-5,8-11,14-15,20H,6H2/t8-,9+,10+,11-,14-,15+. The number of carbonyl (C=O) groups excluding carboxylic acids is 2. The largest absolute Gasteiger partial charge is 0.506 e. The summed E-state index contributed by atoms with van der Waals surface area (Å²) in [4.78, 5) is 26.9. The summed E-state index contributed by atoms with van der Waals surface area (Å²) in [5.74, 6) is 0.534. The second-order valence-electron chi connectivity index (χ2n) is 6.80. The fraction of sp³-hybridized carbons (Fsp3) is 0.412. The zero-order chi connectivity index (χ0) is 15.2. The van der Waals surface area contributed by atoms with Crippen LogP contribution in [0.25, 0.3) is 0 Å². The van der Waals surface area contributed by atoms with Gasteiger partial charge in [0.2, 0.25) is 11.8 Å². The van der Waals surface area contributed by atoms with Gasteiger partial charge in [0.05, 0.1) is 17.5 Å². The molecule has 1 N–H and O–H groups in total. The molecule has 6 atom stereocenters. The van der Waals surface area contributed by atoms with E-state index in [2.05, 4.69) is 12.2 Å². The van der Waals surface area contributed by atoms with Crippen molar-refractivity contribution in [3.8, 4) is 5.75 Å². The zero-order valence-corrected chi connectivity index (χ0v) is 12.4. The third kappa shape index (κ3) is 1.39. The number of benzene rings is 1. The van der Waals surface area contributed by atoms with Crippen molar-refractivity contribution in [3.05, 3.63) is 35.4 Å². The number of phenolic OH excluding ortho intramolecular Hbond substituents is 1. The molecule has 2 saturated carbocycles. The number of amides is 2. The minimum absolute atomic E-state index is 0.0878. The van der Waals surface area contributed by atoms with Crippen LogP contribution < -0.4 is 4.90 Å². The van der Waals surface area contributed by atoms with Crippen LogP contribution in [0, 0.1) is 35.5 Å². The third-order valence-electron chi connectivity index (χ3n) is 5.84. The Hall–Kier alpha value is -1.81. The molecule has 0 radical (unpaired) electrons. The van der Waals surface area contributed by atoms with Gasteiger partial charge in [-0.1, -0.05) is 23.8 Å². The molecule has 112 valence electrons. The van der Waals surface area contributed by atoms with Crippen LogP contribution in [-0.2, 0) is 9.59 Å². The molecular weight excluding hydrogens is 302 g/mol.